The summed E-state index contributed by atoms with van der Waals surface area (Å²) in [5.41, 5.74) is 0. The van der Waals surface area contributed by atoms with E-state index in [0.29, 0.717) is 27.2 Å². The van der Waals surface area contributed by atoms with Crippen LogP contribution in [0, 0.1) is 5.92 Å². The number of halogens is 1. The van der Waals surface area contributed by atoms with E-state index in [1.54, 1.807) is 6.07 Å². The van der Waals surface area contributed by atoms with E-state index < -0.39 is 10.0 Å². The number of hydrogen-bond acceptors (Lipinski definition) is 4. The predicted molar refractivity (Wildman–Crippen MR) is 86.5 cm³/mol. The first-order valence-corrected chi connectivity index (χ1v) is 9.93. The van der Waals surface area contributed by atoms with Gasteiger partial charge in [-0.05, 0) is 47.7 Å². The molecule has 4 nitrogen and oxygen atoms in total. The normalized spacial score (nSPS) is 17.6. The smallest absolute Gasteiger partial charge is 0.242 e. The second kappa shape index (κ2) is 6.44. The lowest BCUT2D eigenvalue weighted by Gasteiger charge is -2.12. The fraction of sp³-hybridized carbons (Fsp3) is 0.692. The minimum Gasteiger partial charge on any atom is -0.310 e. The van der Waals surface area contributed by atoms with Crippen molar-refractivity contribution in [3.05, 3.63) is 14.7 Å². The molecule has 0 amide bonds. The van der Waals surface area contributed by atoms with E-state index in [9.17, 15) is 8.42 Å². The number of thiophene rings is 1. The van der Waals surface area contributed by atoms with Gasteiger partial charge in [0.25, 0.3) is 0 Å². The van der Waals surface area contributed by atoms with Gasteiger partial charge in [0.1, 0.15) is 4.90 Å². The van der Waals surface area contributed by atoms with Crippen LogP contribution in [-0.4, -0.2) is 20.5 Å². The fourth-order valence-electron chi connectivity index (χ4n) is 1.97. The van der Waals surface area contributed by atoms with Gasteiger partial charge in [-0.3, -0.25) is 0 Å². The summed E-state index contributed by atoms with van der Waals surface area (Å²) in [4.78, 5) is 1.38. The van der Waals surface area contributed by atoms with Gasteiger partial charge in [0.05, 0.1) is 3.79 Å². The Kier molecular flexibility index (Phi) is 5.29. The molecule has 20 heavy (non-hydrogen) atoms. The maximum absolute atomic E-state index is 12.4. The Hall–Kier alpha value is 0.0500. The molecule has 0 aromatic carbocycles. The standard InChI is InChI=1S/C13H21BrN2O2S2/c1-8(2)15-7-11-6-12(13(14)19-11)20(17,18)16-9(3)10-4-5-10/h6,8-10,15-16H,4-5,7H2,1-3H3. The molecule has 2 N–H and O–H groups in total. The largest absolute Gasteiger partial charge is 0.310 e. The maximum atomic E-state index is 12.4. The van der Waals surface area contributed by atoms with Gasteiger partial charge in [0, 0.05) is 23.5 Å². The summed E-state index contributed by atoms with van der Waals surface area (Å²) >= 11 is 4.84. The molecule has 7 heteroatoms. The highest BCUT2D eigenvalue weighted by atomic mass is 79.9. The van der Waals surface area contributed by atoms with Crippen LogP contribution in [0.2, 0.25) is 0 Å². The lowest BCUT2D eigenvalue weighted by Crippen LogP contribution is -2.34. The highest BCUT2D eigenvalue weighted by Gasteiger charge is 2.32. The number of sulfonamides is 1. The van der Waals surface area contributed by atoms with Gasteiger partial charge in [-0.25, -0.2) is 13.1 Å². The molecule has 1 aliphatic carbocycles. The van der Waals surface area contributed by atoms with Crippen molar-refractivity contribution in [2.75, 3.05) is 0 Å². The van der Waals surface area contributed by atoms with Crippen molar-refractivity contribution < 1.29 is 8.42 Å². The van der Waals surface area contributed by atoms with Crippen molar-refractivity contribution in [1.29, 1.82) is 0 Å². The Labute approximate surface area is 133 Å². The minimum absolute atomic E-state index is 0.0176. The Balaban J connectivity index is 2.10. The Morgan fingerprint density at radius 2 is 2.05 bits per heavy atom. The summed E-state index contributed by atoms with van der Waals surface area (Å²) in [5.74, 6) is 0.504. The number of hydrogen-bond donors (Lipinski definition) is 2. The first kappa shape index (κ1) is 16.4. The zero-order valence-corrected chi connectivity index (χ0v) is 15.2. The average molecular weight is 381 g/mol. The maximum Gasteiger partial charge on any atom is 0.242 e. The molecule has 1 aromatic heterocycles. The molecule has 1 heterocycles. The van der Waals surface area contributed by atoms with E-state index >= 15 is 0 Å². The van der Waals surface area contributed by atoms with Gasteiger partial charge in [-0.2, -0.15) is 0 Å². The minimum atomic E-state index is -3.43. The van der Waals surface area contributed by atoms with Crippen LogP contribution in [0.25, 0.3) is 0 Å². The summed E-state index contributed by atoms with van der Waals surface area (Å²) in [6.07, 6.45) is 2.25. The molecule has 0 aliphatic heterocycles. The van der Waals surface area contributed by atoms with Crippen molar-refractivity contribution in [3.63, 3.8) is 0 Å². The van der Waals surface area contributed by atoms with Crippen LogP contribution in [-0.2, 0) is 16.6 Å². The zero-order chi connectivity index (χ0) is 14.9. The first-order valence-electron chi connectivity index (χ1n) is 6.83. The summed E-state index contributed by atoms with van der Waals surface area (Å²) in [6, 6.07) is 2.15. The molecular formula is C13H21BrN2O2S2. The highest BCUT2D eigenvalue weighted by molar-refractivity contribution is 9.11. The molecule has 0 spiro atoms. The van der Waals surface area contributed by atoms with Gasteiger partial charge >= 0.3 is 0 Å². The van der Waals surface area contributed by atoms with Crippen molar-refractivity contribution in [1.82, 2.24) is 10.0 Å². The van der Waals surface area contributed by atoms with E-state index in [-0.39, 0.29) is 6.04 Å². The number of nitrogens with one attached hydrogen (secondary N) is 2. The third kappa shape index (κ3) is 4.27. The van der Waals surface area contributed by atoms with E-state index in [2.05, 4.69) is 39.8 Å². The monoisotopic (exact) mass is 380 g/mol. The van der Waals surface area contributed by atoms with Crippen LogP contribution in [0.15, 0.2) is 14.7 Å². The second-order valence-corrected chi connectivity index (χ2v) is 9.77. The van der Waals surface area contributed by atoms with Gasteiger partial charge in [-0.15, -0.1) is 11.3 Å². The first-order chi connectivity index (χ1) is 9.29. The highest BCUT2D eigenvalue weighted by Crippen LogP contribution is 2.35. The van der Waals surface area contributed by atoms with E-state index in [1.807, 2.05) is 6.92 Å². The SMILES string of the molecule is CC(C)NCc1cc(S(=O)(=O)NC(C)C2CC2)c(Br)s1. The van der Waals surface area contributed by atoms with Crippen molar-refractivity contribution in [2.24, 2.45) is 5.92 Å². The predicted octanol–water partition coefficient (Wildman–Crippen LogP) is 3.09. The molecular weight excluding hydrogens is 360 g/mol. The second-order valence-electron chi connectivity index (χ2n) is 5.63. The third-order valence-corrected chi connectivity index (χ3v) is 7.16. The number of rotatable bonds is 7. The van der Waals surface area contributed by atoms with Crippen molar-refractivity contribution >= 4 is 37.3 Å². The van der Waals surface area contributed by atoms with Crippen LogP contribution in [0.4, 0.5) is 0 Å². The molecule has 0 bridgehead atoms. The van der Waals surface area contributed by atoms with E-state index in [1.165, 1.54) is 11.3 Å². The molecule has 0 saturated heterocycles. The van der Waals surface area contributed by atoms with E-state index in [0.717, 1.165) is 17.7 Å². The Morgan fingerprint density at radius 3 is 2.60 bits per heavy atom. The molecule has 2 rings (SSSR count). The molecule has 1 fully saturated rings. The van der Waals surface area contributed by atoms with E-state index in [4.69, 9.17) is 0 Å². The summed E-state index contributed by atoms with van der Waals surface area (Å²) < 4.78 is 28.2. The van der Waals surface area contributed by atoms with Crippen LogP contribution in [0.1, 0.15) is 38.5 Å². The van der Waals surface area contributed by atoms with Gasteiger partial charge in [-0.1, -0.05) is 13.8 Å². The molecule has 0 radical (unpaired) electrons. The van der Waals surface area contributed by atoms with Crippen LogP contribution in [0.3, 0.4) is 0 Å². The van der Waals surface area contributed by atoms with Gasteiger partial charge in [0.2, 0.25) is 10.0 Å². The topological polar surface area (TPSA) is 58.2 Å². The van der Waals surface area contributed by atoms with Crippen LogP contribution >= 0.6 is 27.3 Å². The molecule has 1 saturated carbocycles. The lowest BCUT2D eigenvalue weighted by atomic mass is 10.2. The summed E-state index contributed by atoms with van der Waals surface area (Å²) in [7, 11) is -3.43. The van der Waals surface area contributed by atoms with Crippen molar-refractivity contribution in [3.8, 4) is 0 Å². The molecule has 1 aliphatic rings. The van der Waals surface area contributed by atoms with Crippen LogP contribution in [0.5, 0.6) is 0 Å². The lowest BCUT2D eigenvalue weighted by molar-refractivity contribution is 0.538. The van der Waals surface area contributed by atoms with Gasteiger partial charge < -0.3 is 5.32 Å². The van der Waals surface area contributed by atoms with Crippen molar-refractivity contribution in [2.45, 2.75) is 57.1 Å². The quantitative estimate of drug-likeness (QED) is 0.763. The zero-order valence-electron chi connectivity index (χ0n) is 11.9. The summed E-state index contributed by atoms with van der Waals surface area (Å²) in [6.45, 7) is 6.77. The van der Waals surface area contributed by atoms with Gasteiger partial charge in [0.15, 0.2) is 0 Å². The molecule has 1 atom stereocenters. The fourth-order valence-corrected chi connectivity index (χ4v) is 5.92. The summed E-state index contributed by atoms with van der Waals surface area (Å²) in [5, 5.41) is 3.30. The molecule has 114 valence electrons. The Morgan fingerprint density at radius 1 is 1.40 bits per heavy atom. The average Bonchev–Trinajstić information content (AvgIpc) is 3.10. The molecule has 1 unspecified atom stereocenters. The Bertz CT molecular complexity index is 565. The third-order valence-electron chi connectivity index (χ3n) is 3.35. The molecule has 1 aromatic rings. The van der Waals surface area contributed by atoms with Crippen LogP contribution < -0.4 is 10.0 Å².